The van der Waals surface area contributed by atoms with Gasteiger partial charge in [0.1, 0.15) is 17.2 Å². The third-order valence-electron chi connectivity index (χ3n) is 3.11. The predicted molar refractivity (Wildman–Crippen MR) is 78.5 cm³/mol. The van der Waals surface area contributed by atoms with Crippen LogP contribution in [-0.4, -0.2) is 32.4 Å². The molecule has 0 radical (unpaired) electrons. The Kier molecular flexibility index (Phi) is 4.33. The van der Waals surface area contributed by atoms with E-state index in [0.717, 1.165) is 0 Å². The van der Waals surface area contributed by atoms with Gasteiger partial charge in [-0.1, -0.05) is 12.1 Å². The molecule has 1 N–H and O–H groups in total. The number of carbonyl (C=O) groups is 1. The topological polar surface area (TPSA) is 65.0 Å². The first-order valence-corrected chi connectivity index (χ1v) is 6.24. The molecule has 5 nitrogen and oxygen atoms in total. The molecule has 0 aliphatic carbocycles. The zero-order valence-electron chi connectivity index (χ0n) is 12.0. The number of methoxy groups -OCH3 is 3. The first kappa shape index (κ1) is 14.7. The second-order valence-electron chi connectivity index (χ2n) is 4.29. The van der Waals surface area contributed by atoms with Crippen LogP contribution >= 0.6 is 0 Å². The van der Waals surface area contributed by atoms with Crippen LogP contribution in [0.4, 0.5) is 0 Å². The van der Waals surface area contributed by atoms with Crippen molar-refractivity contribution < 1.29 is 24.1 Å². The summed E-state index contributed by atoms with van der Waals surface area (Å²) in [4.78, 5) is 11.1. The lowest BCUT2D eigenvalue weighted by Gasteiger charge is -2.15. The van der Waals surface area contributed by atoms with E-state index in [2.05, 4.69) is 0 Å². The number of rotatable bonds is 5. The predicted octanol–water partition coefficient (Wildman–Crippen LogP) is 3.08. The van der Waals surface area contributed by atoms with Crippen molar-refractivity contribution in [3.05, 3.63) is 42.0 Å². The quantitative estimate of drug-likeness (QED) is 0.916. The van der Waals surface area contributed by atoms with Crippen molar-refractivity contribution in [2.75, 3.05) is 21.3 Å². The molecule has 0 aliphatic rings. The van der Waals surface area contributed by atoms with Crippen molar-refractivity contribution in [1.29, 1.82) is 0 Å². The maximum Gasteiger partial charge on any atom is 0.335 e. The van der Waals surface area contributed by atoms with E-state index < -0.39 is 5.97 Å². The number of benzene rings is 2. The Balaban J connectivity index is 2.67. The number of carboxylic acids is 1. The number of aromatic carboxylic acids is 1. The van der Waals surface area contributed by atoms with E-state index in [9.17, 15) is 4.79 Å². The molecule has 5 heteroatoms. The van der Waals surface area contributed by atoms with Crippen LogP contribution in [-0.2, 0) is 0 Å². The summed E-state index contributed by atoms with van der Waals surface area (Å²) >= 11 is 0. The van der Waals surface area contributed by atoms with Gasteiger partial charge in [-0.25, -0.2) is 4.79 Å². The van der Waals surface area contributed by atoms with E-state index >= 15 is 0 Å². The monoisotopic (exact) mass is 288 g/mol. The Hall–Kier alpha value is -2.69. The van der Waals surface area contributed by atoms with Crippen molar-refractivity contribution in [2.24, 2.45) is 0 Å². The first-order valence-electron chi connectivity index (χ1n) is 6.24. The van der Waals surface area contributed by atoms with Gasteiger partial charge in [-0.15, -0.1) is 0 Å². The minimum Gasteiger partial charge on any atom is -0.496 e. The molecular weight excluding hydrogens is 272 g/mol. The summed E-state index contributed by atoms with van der Waals surface area (Å²) in [5.41, 5.74) is 1.59. The van der Waals surface area contributed by atoms with E-state index in [1.54, 1.807) is 51.7 Å². The highest BCUT2D eigenvalue weighted by Crippen LogP contribution is 2.41. The van der Waals surface area contributed by atoms with Gasteiger partial charge in [0.25, 0.3) is 0 Å². The standard InChI is InChI=1S/C16H16O5/c1-19-12-8-13(20-2)15(14(9-12)21-3)10-5-4-6-11(7-10)16(17)18/h4-9H,1-3H3,(H,17,18). The van der Waals surface area contributed by atoms with E-state index in [-0.39, 0.29) is 5.56 Å². The number of ether oxygens (including phenoxy) is 3. The summed E-state index contributed by atoms with van der Waals surface area (Å²) in [6.07, 6.45) is 0. The van der Waals surface area contributed by atoms with Crippen molar-refractivity contribution in [1.82, 2.24) is 0 Å². The van der Waals surface area contributed by atoms with E-state index in [4.69, 9.17) is 19.3 Å². The molecule has 21 heavy (non-hydrogen) atoms. The van der Waals surface area contributed by atoms with Crippen LogP contribution in [0.3, 0.4) is 0 Å². The molecule has 110 valence electrons. The highest BCUT2D eigenvalue weighted by molar-refractivity contribution is 5.90. The molecule has 0 bridgehead atoms. The molecule has 0 fully saturated rings. The molecule has 0 saturated heterocycles. The maximum absolute atomic E-state index is 11.1. The van der Waals surface area contributed by atoms with Gasteiger partial charge < -0.3 is 19.3 Å². The normalized spacial score (nSPS) is 10.0. The fraction of sp³-hybridized carbons (Fsp3) is 0.188. The van der Waals surface area contributed by atoms with Crippen LogP contribution in [0.2, 0.25) is 0 Å². The van der Waals surface area contributed by atoms with Crippen molar-refractivity contribution in [3.63, 3.8) is 0 Å². The SMILES string of the molecule is COc1cc(OC)c(-c2cccc(C(=O)O)c2)c(OC)c1. The highest BCUT2D eigenvalue weighted by atomic mass is 16.5. The van der Waals surface area contributed by atoms with Gasteiger partial charge in [0.2, 0.25) is 0 Å². The van der Waals surface area contributed by atoms with Gasteiger partial charge in [0.05, 0.1) is 32.5 Å². The summed E-state index contributed by atoms with van der Waals surface area (Å²) in [6.45, 7) is 0. The molecule has 0 aromatic heterocycles. The van der Waals surface area contributed by atoms with Gasteiger partial charge in [-0.3, -0.25) is 0 Å². The van der Waals surface area contributed by atoms with E-state index in [1.807, 2.05) is 0 Å². The Bertz CT molecular complexity index is 638. The van der Waals surface area contributed by atoms with Gasteiger partial charge in [-0.05, 0) is 17.7 Å². The van der Waals surface area contributed by atoms with Gasteiger partial charge >= 0.3 is 5.97 Å². The molecule has 2 rings (SSSR count). The summed E-state index contributed by atoms with van der Waals surface area (Å²) in [6, 6.07) is 10.1. The summed E-state index contributed by atoms with van der Waals surface area (Å²) in [7, 11) is 4.64. The largest absolute Gasteiger partial charge is 0.496 e. The number of hydrogen-bond donors (Lipinski definition) is 1. The fourth-order valence-electron chi connectivity index (χ4n) is 2.10. The molecule has 0 unspecified atom stereocenters. The fourth-order valence-corrected chi connectivity index (χ4v) is 2.10. The van der Waals surface area contributed by atoms with Gasteiger partial charge in [0.15, 0.2) is 0 Å². The highest BCUT2D eigenvalue weighted by Gasteiger charge is 2.16. The van der Waals surface area contributed by atoms with Crippen molar-refractivity contribution >= 4 is 5.97 Å². The van der Waals surface area contributed by atoms with Crippen LogP contribution < -0.4 is 14.2 Å². The smallest absolute Gasteiger partial charge is 0.335 e. The van der Waals surface area contributed by atoms with Crippen molar-refractivity contribution in [2.45, 2.75) is 0 Å². The third-order valence-corrected chi connectivity index (χ3v) is 3.11. The summed E-state index contributed by atoms with van der Waals surface area (Å²) < 4.78 is 16.0. The maximum atomic E-state index is 11.1. The molecule has 0 saturated carbocycles. The first-order chi connectivity index (χ1) is 10.1. The minimum absolute atomic E-state index is 0.201. The Morgan fingerprint density at radius 2 is 1.57 bits per heavy atom. The minimum atomic E-state index is -0.983. The Labute approximate surface area is 122 Å². The van der Waals surface area contributed by atoms with Gasteiger partial charge in [-0.2, -0.15) is 0 Å². The average molecular weight is 288 g/mol. The van der Waals surface area contributed by atoms with Crippen LogP contribution in [0, 0.1) is 0 Å². The average Bonchev–Trinajstić information content (AvgIpc) is 2.53. The van der Waals surface area contributed by atoms with Crippen LogP contribution in [0.25, 0.3) is 11.1 Å². The number of carboxylic acid groups (broad SMARTS) is 1. The molecule has 0 aliphatic heterocycles. The van der Waals surface area contributed by atoms with Crippen LogP contribution in [0.1, 0.15) is 10.4 Å². The van der Waals surface area contributed by atoms with E-state index in [1.165, 1.54) is 6.07 Å². The summed E-state index contributed by atoms with van der Waals surface area (Å²) in [5.74, 6) is 0.715. The second-order valence-corrected chi connectivity index (χ2v) is 4.29. The number of hydrogen-bond acceptors (Lipinski definition) is 4. The molecule has 0 atom stereocenters. The zero-order valence-corrected chi connectivity index (χ0v) is 12.0. The van der Waals surface area contributed by atoms with Gasteiger partial charge in [0, 0.05) is 12.1 Å². The zero-order chi connectivity index (χ0) is 15.4. The Morgan fingerprint density at radius 3 is 2.05 bits per heavy atom. The lowest BCUT2D eigenvalue weighted by atomic mass is 10.0. The molecule has 2 aromatic rings. The second kappa shape index (κ2) is 6.17. The summed E-state index contributed by atoms with van der Waals surface area (Å²) in [5, 5.41) is 9.11. The van der Waals surface area contributed by atoms with Crippen molar-refractivity contribution in [3.8, 4) is 28.4 Å². The molecule has 2 aromatic carbocycles. The molecular formula is C16H16O5. The third kappa shape index (κ3) is 2.91. The molecule has 0 amide bonds. The molecule has 0 spiro atoms. The van der Waals surface area contributed by atoms with E-state index in [0.29, 0.717) is 28.4 Å². The van der Waals surface area contributed by atoms with Crippen LogP contribution in [0.5, 0.6) is 17.2 Å². The molecule has 0 heterocycles. The lowest BCUT2D eigenvalue weighted by Crippen LogP contribution is -1.98. The van der Waals surface area contributed by atoms with Crippen LogP contribution in [0.15, 0.2) is 36.4 Å². The Morgan fingerprint density at radius 1 is 0.952 bits per heavy atom. The lowest BCUT2D eigenvalue weighted by molar-refractivity contribution is 0.0697.